The number of aryl methyl sites for hydroxylation is 1. The molecule has 0 aliphatic rings. The van der Waals surface area contributed by atoms with E-state index in [9.17, 15) is 4.79 Å². The standard InChI is InChI=1S/C35H49NO5/c1-10-15-28(18-25(5)11-2)23-36-31-22-35(32(38-8)20-29(31)24(3)4)41-17-14-12-13-16-40-34-19-26(6)30(27(7)37)21-33(34)39-9/h11,19-23,28H,3,10,12-18H2,1-2,4-9H3/b25-11-,36-23?. The fraction of sp³-hybridized carbons (Fsp3) is 0.486. The Balaban J connectivity index is 2.00. The number of benzene rings is 2. The molecule has 0 aliphatic carbocycles. The van der Waals surface area contributed by atoms with Gasteiger partial charge in [0.2, 0.25) is 0 Å². The van der Waals surface area contributed by atoms with Crippen LogP contribution < -0.4 is 18.9 Å². The quantitative estimate of drug-likeness (QED) is 0.0782. The first kappa shape index (κ1) is 33.7. The van der Waals surface area contributed by atoms with Gasteiger partial charge in [0.1, 0.15) is 0 Å². The molecule has 0 amide bonds. The Bertz CT molecular complexity index is 1230. The normalized spacial score (nSPS) is 12.3. The van der Waals surface area contributed by atoms with E-state index in [1.807, 2.05) is 32.0 Å². The van der Waals surface area contributed by atoms with Crippen molar-refractivity contribution in [1.82, 2.24) is 0 Å². The first-order valence-electron chi connectivity index (χ1n) is 14.6. The largest absolute Gasteiger partial charge is 0.493 e. The van der Waals surface area contributed by atoms with Crippen LogP contribution in [0, 0.1) is 12.8 Å². The second kappa shape index (κ2) is 17.3. The predicted molar refractivity (Wildman–Crippen MR) is 171 cm³/mol. The lowest BCUT2D eigenvalue weighted by molar-refractivity contribution is 0.101. The number of methoxy groups -OCH3 is 2. The highest BCUT2D eigenvalue weighted by molar-refractivity contribution is 5.96. The van der Waals surface area contributed by atoms with E-state index in [-0.39, 0.29) is 5.78 Å². The molecule has 2 aromatic carbocycles. The van der Waals surface area contributed by atoms with Gasteiger partial charge in [0.05, 0.1) is 33.1 Å². The monoisotopic (exact) mass is 563 g/mol. The van der Waals surface area contributed by atoms with Crippen molar-refractivity contribution in [3.05, 3.63) is 59.2 Å². The van der Waals surface area contributed by atoms with Crippen molar-refractivity contribution in [2.45, 2.75) is 80.1 Å². The summed E-state index contributed by atoms with van der Waals surface area (Å²) in [6.07, 6.45) is 10.1. The van der Waals surface area contributed by atoms with Gasteiger partial charge >= 0.3 is 0 Å². The number of allylic oxidation sites excluding steroid dienone is 3. The number of Topliss-reactive ketones (excluding diaryl/α,β-unsaturated/α-hetero) is 1. The summed E-state index contributed by atoms with van der Waals surface area (Å²) >= 11 is 0. The fourth-order valence-corrected chi connectivity index (χ4v) is 4.65. The third-order valence-electron chi connectivity index (χ3n) is 7.10. The number of ketones is 1. The van der Waals surface area contributed by atoms with Gasteiger partial charge in [-0.1, -0.05) is 31.6 Å². The number of rotatable bonds is 18. The van der Waals surface area contributed by atoms with E-state index in [0.29, 0.717) is 47.7 Å². The minimum Gasteiger partial charge on any atom is -0.493 e. The van der Waals surface area contributed by atoms with Gasteiger partial charge < -0.3 is 18.9 Å². The molecule has 0 saturated heterocycles. The summed E-state index contributed by atoms with van der Waals surface area (Å²) in [5, 5.41) is 0. The van der Waals surface area contributed by atoms with E-state index in [0.717, 1.165) is 60.9 Å². The minimum absolute atomic E-state index is 0.0114. The van der Waals surface area contributed by atoms with Gasteiger partial charge in [-0.15, -0.1) is 0 Å². The number of nitrogens with zero attached hydrogens (tertiary/aromatic N) is 1. The van der Waals surface area contributed by atoms with Crippen molar-refractivity contribution in [2.75, 3.05) is 27.4 Å². The highest BCUT2D eigenvalue weighted by Gasteiger charge is 2.14. The lowest BCUT2D eigenvalue weighted by atomic mass is 9.96. The zero-order chi connectivity index (χ0) is 30.4. The van der Waals surface area contributed by atoms with E-state index in [1.165, 1.54) is 5.57 Å². The number of unbranched alkanes of at least 4 members (excludes halogenated alkanes) is 2. The average molecular weight is 564 g/mol. The molecule has 0 fully saturated rings. The summed E-state index contributed by atoms with van der Waals surface area (Å²) in [5.74, 6) is 2.99. The third kappa shape index (κ3) is 10.4. The lowest BCUT2D eigenvalue weighted by Gasteiger charge is -2.16. The van der Waals surface area contributed by atoms with E-state index in [4.69, 9.17) is 23.9 Å². The molecule has 2 aromatic rings. The van der Waals surface area contributed by atoms with Gasteiger partial charge in [0.15, 0.2) is 28.8 Å². The van der Waals surface area contributed by atoms with Gasteiger partial charge in [0, 0.05) is 23.4 Å². The lowest BCUT2D eigenvalue weighted by Crippen LogP contribution is -2.04. The Morgan fingerprint density at radius 2 is 1.49 bits per heavy atom. The zero-order valence-corrected chi connectivity index (χ0v) is 26.4. The SMILES string of the molecule is C=C(C)c1cc(OC)c(OCCCCCOc2cc(C)c(C(C)=O)cc2OC)cc1N=CC(CCC)C/C(C)=C\C. The average Bonchev–Trinajstić information content (AvgIpc) is 2.94. The van der Waals surface area contributed by atoms with Crippen LogP contribution in [0.25, 0.3) is 5.57 Å². The molecule has 41 heavy (non-hydrogen) atoms. The topological polar surface area (TPSA) is 66.4 Å². The van der Waals surface area contributed by atoms with Crippen LogP contribution >= 0.6 is 0 Å². The molecule has 0 saturated carbocycles. The van der Waals surface area contributed by atoms with Crippen LogP contribution in [0.2, 0.25) is 0 Å². The van der Waals surface area contributed by atoms with Crippen LogP contribution in [0.1, 0.15) is 94.6 Å². The van der Waals surface area contributed by atoms with Crippen molar-refractivity contribution < 1.29 is 23.7 Å². The van der Waals surface area contributed by atoms with Crippen molar-refractivity contribution >= 4 is 23.3 Å². The number of carbonyl (C=O) groups is 1. The molecule has 1 atom stereocenters. The van der Waals surface area contributed by atoms with Gasteiger partial charge in [-0.2, -0.15) is 0 Å². The molecule has 6 heteroatoms. The molecule has 0 bridgehead atoms. The number of hydrogen-bond acceptors (Lipinski definition) is 6. The number of ether oxygens (including phenoxy) is 4. The molecule has 0 spiro atoms. The Morgan fingerprint density at radius 1 is 0.902 bits per heavy atom. The Morgan fingerprint density at radius 3 is 2.00 bits per heavy atom. The Labute approximate surface area is 247 Å². The maximum Gasteiger partial charge on any atom is 0.163 e. The van der Waals surface area contributed by atoms with Gasteiger partial charge in [-0.05, 0) is 102 Å². The van der Waals surface area contributed by atoms with Crippen LogP contribution in [-0.2, 0) is 0 Å². The fourth-order valence-electron chi connectivity index (χ4n) is 4.65. The summed E-state index contributed by atoms with van der Waals surface area (Å²) in [5.41, 5.74) is 5.64. The number of aliphatic imine (C=N–C) groups is 1. The highest BCUT2D eigenvalue weighted by Crippen LogP contribution is 2.38. The summed E-state index contributed by atoms with van der Waals surface area (Å²) in [4.78, 5) is 16.7. The molecule has 224 valence electrons. The van der Waals surface area contributed by atoms with Crippen molar-refractivity contribution in [1.29, 1.82) is 0 Å². The molecule has 2 rings (SSSR count). The molecule has 0 heterocycles. The molecule has 0 aromatic heterocycles. The van der Waals surface area contributed by atoms with E-state index >= 15 is 0 Å². The maximum absolute atomic E-state index is 11.8. The summed E-state index contributed by atoms with van der Waals surface area (Å²) < 4.78 is 23.2. The number of carbonyl (C=O) groups excluding carboxylic acids is 1. The van der Waals surface area contributed by atoms with Crippen LogP contribution in [-0.4, -0.2) is 39.4 Å². The Hall–Kier alpha value is -3.54. The van der Waals surface area contributed by atoms with Crippen LogP contribution in [0.3, 0.4) is 0 Å². The minimum atomic E-state index is 0.0114. The number of hydrogen-bond donors (Lipinski definition) is 0. The molecule has 0 N–H and O–H groups in total. The van der Waals surface area contributed by atoms with Crippen molar-refractivity contribution in [2.24, 2.45) is 10.9 Å². The third-order valence-corrected chi connectivity index (χ3v) is 7.10. The summed E-state index contributed by atoms with van der Waals surface area (Å²) in [6.45, 7) is 17.2. The maximum atomic E-state index is 11.8. The van der Waals surface area contributed by atoms with Crippen molar-refractivity contribution in [3.63, 3.8) is 0 Å². The van der Waals surface area contributed by atoms with E-state index in [1.54, 1.807) is 27.2 Å². The molecule has 0 radical (unpaired) electrons. The second-order valence-corrected chi connectivity index (χ2v) is 10.6. The molecule has 6 nitrogen and oxygen atoms in total. The smallest absolute Gasteiger partial charge is 0.163 e. The highest BCUT2D eigenvalue weighted by atomic mass is 16.5. The predicted octanol–water partition coefficient (Wildman–Crippen LogP) is 9.35. The molecule has 0 aliphatic heterocycles. The second-order valence-electron chi connectivity index (χ2n) is 10.6. The van der Waals surface area contributed by atoms with Crippen LogP contribution in [0.4, 0.5) is 5.69 Å². The van der Waals surface area contributed by atoms with E-state index in [2.05, 4.69) is 39.6 Å². The van der Waals surface area contributed by atoms with Gasteiger partial charge in [0.25, 0.3) is 0 Å². The van der Waals surface area contributed by atoms with Gasteiger partial charge in [-0.3, -0.25) is 9.79 Å². The van der Waals surface area contributed by atoms with Crippen LogP contribution in [0.5, 0.6) is 23.0 Å². The first-order valence-corrected chi connectivity index (χ1v) is 14.6. The Kier molecular flexibility index (Phi) is 14.2. The summed E-state index contributed by atoms with van der Waals surface area (Å²) in [6, 6.07) is 7.55. The molecule has 1 unspecified atom stereocenters. The van der Waals surface area contributed by atoms with E-state index < -0.39 is 0 Å². The molecular weight excluding hydrogens is 514 g/mol. The van der Waals surface area contributed by atoms with Gasteiger partial charge in [-0.25, -0.2) is 0 Å². The molecular formula is C35H49NO5. The first-order chi connectivity index (χ1) is 19.6. The van der Waals surface area contributed by atoms with Crippen LogP contribution in [0.15, 0.2) is 47.5 Å². The summed E-state index contributed by atoms with van der Waals surface area (Å²) in [7, 11) is 3.24. The van der Waals surface area contributed by atoms with Crippen molar-refractivity contribution in [3.8, 4) is 23.0 Å². The zero-order valence-electron chi connectivity index (χ0n) is 26.4.